The van der Waals surface area contributed by atoms with E-state index in [1.165, 1.54) is 11.1 Å². The molecule has 1 amide bonds. The van der Waals surface area contributed by atoms with E-state index in [0.717, 1.165) is 43.9 Å². The van der Waals surface area contributed by atoms with E-state index in [0.29, 0.717) is 5.92 Å². The third-order valence-electron chi connectivity index (χ3n) is 5.88. The van der Waals surface area contributed by atoms with E-state index in [-0.39, 0.29) is 11.8 Å². The number of aromatic nitrogens is 2. The van der Waals surface area contributed by atoms with Crippen molar-refractivity contribution in [3.63, 3.8) is 0 Å². The van der Waals surface area contributed by atoms with Gasteiger partial charge in [0.2, 0.25) is 5.91 Å². The van der Waals surface area contributed by atoms with Crippen LogP contribution in [0.15, 0.2) is 67.3 Å². The predicted molar refractivity (Wildman–Crippen MR) is 121 cm³/mol. The summed E-state index contributed by atoms with van der Waals surface area (Å²) < 4.78 is 2.02. The van der Waals surface area contributed by atoms with Crippen molar-refractivity contribution >= 4 is 11.6 Å². The molecule has 4 rings (SSSR count). The molecule has 0 atom stereocenters. The van der Waals surface area contributed by atoms with Gasteiger partial charge in [0.1, 0.15) is 0 Å². The molecule has 1 N–H and O–H groups in total. The number of nitrogens with zero attached hydrogens (tertiary/aromatic N) is 3. The summed E-state index contributed by atoms with van der Waals surface area (Å²) in [6.45, 7) is 7.01. The smallest absolute Gasteiger partial charge is 0.226 e. The summed E-state index contributed by atoms with van der Waals surface area (Å²) in [6.07, 6.45) is 7.88. The van der Waals surface area contributed by atoms with E-state index in [2.05, 4.69) is 57.7 Å². The first kappa shape index (κ1) is 20.4. The molecule has 0 bridgehead atoms. The average Bonchev–Trinajstić information content (AvgIpc) is 3.30. The van der Waals surface area contributed by atoms with E-state index in [4.69, 9.17) is 0 Å². The predicted octanol–water partition coefficient (Wildman–Crippen LogP) is 4.85. The second kappa shape index (κ2) is 9.26. The maximum atomic E-state index is 12.0. The Labute approximate surface area is 178 Å². The molecule has 0 saturated carbocycles. The number of amides is 1. The Morgan fingerprint density at radius 2 is 1.90 bits per heavy atom. The Bertz CT molecular complexity index is 955. The molecule has 30 heavy (non-hydrogen) atoms. The van der Waals surface area contributed by atoms with Crippen molar-refractivity contribution < 1.29 is 4.79 Å². The monoisotopic (exact) mass is 402 g/mol. The molecule has 1 fully saturated rings. The lowest BCUT2D eigenvalue weighted by atomic mass is 9.89. The van der Waals surface area contributed by atoms with Crippen LogP contribution in [0.25, 0.3) is 5.69 Å². The number of anilines is 1. The van der Waals surface area contributed by atoms with Crippen molar-refractivity contribution in [2.45, 2.75) is 39.2 Å². The van der Waals surface area contributed by atoms with Crippen LogP contribution in [0, 0.1) is 5.92 Å². The number of nitrogens with one attached hydrogen (secondary N) is 1. The zero-order chi connectivity index (χ0) is 20.9. The fourth-order valence-corrected chi connectivity index (χ4v) is 4.02. The minimum Gasteiger partial charge on any atom is -0.326 e. The summed E-state index contributed by atoms with van der Waals surface area (Å²) in [4.78, 5) is 18.6. The Morgan fingerprint density at radius 1 is 1.13 bits per heavy atom. The van der Waals surface area contributed by atoms with Gasteiger partial charge in [0, 0.05) is 36.2 Å². The van der Waals surface area contributed by atoms with Crippen molar-refractivity contribution in [3.05, 3.63) is 78.4 Å². The number of hydrogen-bond acceptors (Lipinski definition) is 3. The summed E-state index contributed by atoms with van der Waals surface area (Å²) in [5.74, 6) is 0.618. The Morgan fingerprint density at radius 3 is 2.57 bits per heavy atom. The van der Waals surface area contributed by atoms with Gasteiger partial charge in [0.05, 0.1) is 6.33 Å². The van der Waals surface area contributed by atoms with Crippen molar-refractivity contribution in [1.82, 2.24) is 14.5 Å². The molecule has 3 aromatic rings. The van der Waals surface area contributed by atoms with Crippen LogP contribution in [0.5, 0.6) is 0 Å². The molecular weight excluding hydrogens is 372 g/mol. The topological polar surface area (TPSA) is 50.2 Å². The number of hydrogen-bond donors (Lipinski definition) is 1. The fraction of sp³-hybridized carbons (Fsp3) is 0.360. The minimum absolute atomic E-state index is 0.00842. The number of imidazole rings is 1. The highest BCUT2D eigenvalue weighted by Crippen LogP contribution is 2.30. The largest absolute Gasteiger partial charge is 0.326 e. The summed E-state index contributed by atoms with van der Waals surface area (Å²) in [7, 11) is 0. The Kier molecular flexibility index (Phi) is 6.29. The molecule has 5 nitrogen and oxygen atoms in total. The first-order valence-electron chi connectivity index (χ1n) is 10.8. The van der Waals surface area contributed by atoms with Crippen molar-refractivity contribution in [1.29, 1.82) is 0 Å². The van der Waals surface area contributed by atoms with Gasteiger partial charge in [-0.2, -0.15) is 0 Å². The molecular formula is C25H30N4O. The van der Waals surface area contributed by atoms with Crippen LogP contribution in [-0.4, -0.2) is 33.4 Å². The maximum absolute atomic E-state index is 12.0. The van der Waals surface area contributed by atoms with E-state index in [1.807, 2.05) is 37.0 Å². The van der Waals surface area contributed by atoms with Gasteiger partial charge in [0.25, 0.3) is 0 Å². The lowest BCUT2D eigenvalue weighted by Crippen LogP contribution is -2.32. The summed E-state index contributed by atoms with van der Waals surface area (Å²) in [6, 6.07) is 17.1. The zero-order valence-electron chi connectivity index (χ0n) is 17.8. The van der Waals surface area contributed by atoms with Crippen LogP contribution in [-0.2, 0) is 11.3 Å². The van der Waals surface area contributed by atoms with Crippen LogP contribution in [0.2, 0.25) is 0 Å². The number of piperidine rings is 1. The molecule has 2 heterocycles. The number of benzene rings is 2. The minimum atomic E-state index is -0.00842. The van der Waals surface area contributed by atoms with Gasteiger partial charge in [-0.3, -0.25) is 9.69 Å². The van der Waals surface area contributed by atoms with Crippen LogP contribution in [0.1, 0.15) is 43.7 Å². The number of carbonyl (C=O) groups excluding carboxylic acids is 1. The molecule has 1 aromatic heterocycles. The normalized spacial score (nSPS) is 15.4. The highest BCUT2D eigenvalue weighted by Gasteiger charge is 2.21. The standard InChI is InChI=1S/C25H30N4O/c1-19(2)25(30)27-23-5-3-4-22(16-23)21-10-13-28(14-11-21)17-20-6-8-24(9-7-20)29-15-12-26-18-29/h3-9,12,15-16,18-19,21H,10-11,13-14,17H2,1-2H3,(H,27,30). The molecule has 0 radical (unpaired) electrons. The van der Waals surface area contributed by atoms with Gasteiger partial charge < -0.3 is 9.88 Å². The van der Waals surface area contributed by atoms with Gasteiger partial charge in [0.15, 0.2) is 0 Å². The van der Waals surface area contributed by atoms with E-state index in [9.17, 15) is 4.79 Å². The number of carbonyl (C=O) groups is 1. The first-order valence-corrected chi connectivity index (χ1v) is 10.8. The SMILES string of the molecule is CC(C)C(=O)Nc1cccc(C2CCN(Cc3ccc(-n4ccnc4)cc3)CC2)c1. The van der Waals surface area contributed by atoms with Crippen LogP contribution >= 0.6 is 0 Å². The third kappa shape index (κ3) is 4.97. The molecule has 0 spiro atoms. The molecule has 1 saturated heterocycles. The van der Waals surface area contributed by atoms with Gasteiger partial charge in [-0.05, 0) is 67.2 Å². The molecule has 156 valence electrons. The summed E-state index contributed by atoms with van der Waals surface area (Å²) in [5.41, 5.74) is 4.72. The molecule has 1 aliphatic heterocycles. The van der Waals surface area contributed by atoms with Gasteiger partial charge in [-0.1, -0.05) is 38.1 Å². The van der Waals surface area contributed by atoms with E-state index >= 15 is 0 Å². The van der Waals surface area contributed by atoms with Crippen molar-refractivity contribution in [2.75, 3.05) is 18.4 Å². The summed E-state index contributed by atoms with van der Waals surface area (Å²) >= 11 is 0. The van der Waals surface area contributed by atoms with Crippen molar-refractivity contribution in [2.24, 2.45) is 5.92 Å². The maximum Gasteiger partial charge on any atom is 0.226 e. The molecule has 0 aliphatic carbocycles. The third-order valence-corrected chi connectivity index (χ3v) is 5.88. The van der Waals surface area contributed by atoms with Crippen molar-refractivity contribution in [3.8, 4) is 5.69 Å². The Hall–Kier alpha value is -2.92. The zero-order valence-corrected chi connectivity index (χ0v) is 17.8. The summed E-state index contributed by atoms with van der Waals surface area (Å²) in [5, 5.41) is 3.02. The molecule has 0 unspecified atom stereocenters. The quantitative estimate of drug-likeness (QED) is 0.641. The lowest BCUT2D eigenvalue weighted by molar-refractivity contribution is -0.118. The highest BCUT2D eigenvalue weighted by molar-refractivity contribution is 5.92. The molecule has 1 aliphatic rings. The average molecular weight is 403 g/mol. The van der Waals surface area contributed by atoms with Gasteiger partial charge in [-0.15, -0.1) is 0 Å². The van der Waals surface area contributed by atoms with Crippen LogP contribution in [0.4, 0.5) is 5.69 Å². The lowest BCUT2D eigenvalue weighted by Gasteiger charge is -2.32. The van der Waals surface area contributed by atoms with Crippen LogP contribution < -0.4 is 5.32 Å². The van der Waals surface area contributed by atoms with Crippen LogP contribution in [0.3, 0.4) is 0 Å². The second-order valence-corrected chi connectivity index (χ2v) is 8.46. The number of likely N-dealkylation sites (tertiary alicyclic amines) is 1. The van der Waals surface area contributed by atoms with E-state index < -0.39 is 0 Å². The van der Waals surface area contributed by atoms with Gasteiger partial charge in [-0.25, -0.2) is 4.98 Å². The molecule has 2 aromatic carbocycles. The number of rotatable bonds is 6. The molecule has 5 heteroatoms. The fourth-order valence-electron chi connectivity index (χ4n) is 4.02. The highest BCUT2D eigenvalue weighted by atomic mass is 16.1. The second-order valence-electron chi connectivity index (χ2n) is 8.46. The first-order chi connectivity index (χ1) is 14.6. The van der Waals surface area contributed by atoms with E-state index in [1.54, 1.807) is 6.20 Å². The van der Waals surface area contributed by atoms with Gasteiger partial charge >= 0.3 is 0 Å². The Balaban J connectivity index is 1.31.